The van der Waals surface area contributed by atoms with Crippen LogP contribution >= 0.6 is 12.6 Å². The van der Waals surface area contributed by atoms with E-state index in [9.17, 15) is 19.2 Å². The molecule has 5 atom stereocenters. The highest BCUT2D eigenvalue weighted by molar-refractivity contribution is 7.80. The third kappa shape index (κ3) is 9.34. The molecule has 0 radical (unpaired) electrons. The molecule has 0 aliphatic rings. The van der Waals surface area contributed by atoms with Crippen molar-refractivity contribution in [3.05, 3.63) is 0 Å². The van der Waals surface area contributed by atoms with E-state index in [1.54, 1.807) is 20.8 Å². The predicted molar refractivity (Wildman–Crippen MR) is 119 cm³/mol. The van der Waals surface area contributed by atoms with Crippen LogP contribution in [0.2, 0.25) is 0 Å². The number of hydrogen-bond donors (Lipinski definition) is 6. The maximum absolute atomic E-state index is 12.9. The molecule has 9 nitrogen and oxygen atoms in total. The van der Waals surface area contributed by atoms with Gasteiger partial charge in [0, 0.05) is 5.75 Å². The minimum Gasteiger partial charge on any atom is -0.480 e. The average molecular weight is 447 g/mol. The Morgan fingerprint density at radius 1 is 0.900 bits per heavy atom. The highest BCUT2D eigenvalue weighted by Gasteiger charge is 2.33. The van der Waals surface area contributed by atoms with Crippen molar-refractivity contribution < 1.29 is 24.3 Å². The number of hydrogen-bond acceptors (Lipinski definition) is 6. The fourth-order valence-electron chi connectivity index (χ4n) is 2.80. The van der Waals surface area contributed by atoms with Crippen molar-refractivity contribution in [2.24, 2.45) is 23.5 Å². The molecular formula is C20H38N4O5S. The molecule has 0 bridgehead atoms. The van der Waals surface area contributed by atoms with Gasteiger partial charge in [0.15, 0.2) is 0 Å². The molecule has 30 heavy (non-hydrogen) atoms. The van der Waals surface area contributed by atoms with E-state index in [-0.39, 0.29) is 23.5 Å². The highest BCUT2D eigenvalue weighted by Crippen LogP contribution is 2.11. The zero-order chi connectivity index (χ0) is 23.6. The van der Waals surface area contributed by atoms with Crippen LogP contribution in [-0.4, -0.2) is 58.7 Å². The number of carbonyl (C=O) groups excluding carboxylic acids is 3. The lowest BCUT2D eigenvalue weighted by Crippen LogP contribution is -2.60. The van der Waals surface area contributed by atoms with E-state index in [1.165, 1.54) is 0 Å². The van der Waals surface area contributed by atoms with Gasteiger partial charge in [0.1, 0.15) is 18.1 Å². The Morgan fingerprint density at radius 3 is 1.80 bits per heavy atom. The average Bonchev–Trinajstić information content (AvgIpc) is 2.65. The second-order valence-corrected chi connectivity index (χ2v) is 8.79. The van der Waals surface area contributed by atoms with Crippen molar-refractivity contribution >= 4 is 36.3 Å². The molecule has 174 valence electrons. The first-order chi connectivity index (χ1) is 13.8. The maximum atomic E-state index is 12.9. The van der Waals surface area contributed by atoms with E-state index in [2.05, 4.69) is 28.6 Å². The SMILES string of the molecule is CCC(C)C(NC(=O)C(NC(=O)C(N)CC(C)C)C(C)C)C(=O)NC(CS)C(=O)O. The smallest absolute Gasteiger partial charge is 0.327 e. The monoisotopic (exact) mass is 446 g/mol. The number of nitrogens with two attached hydrogens (primary N) is 1. The molecule has 0 saturated carbocycles. The van der Waals surface area contributed by atoms with Crippen LogP contribution in [0.25, 0.3) is 0 Å². The summed E-state index contributed by atoms with van der Waals surface area (Å²) in [6, 6.07) is -3.74. The Hall–Kier alpha value is -1.81. The lowest BCUT2D eigenvalue weighted by atomic mass is 9.96. The number of nitrogens with one attached hydrogen (secondary N) is 3. The minimum absolute atomic E-state index is 0.0827. The summed E-state index contributed by atoms with van der Waals surface area (Å²) in [6.07, 6.45) is 1.06. The fourth-order valence-corrected chi connectivity index (χ4v) is 3.05. The molecule has 0 aromatic heterocycles. The second-order valence-electron chi connectivity index (χ2n) is 8.42. The summed E-state index contributed by atoms with van der Waals surface area (Å²) in [4.78, 5) is 49.2. The lowest BCUT2D eigenvalue weighted by molar-refractivity contribution is -0.142. The molecule has 0 spiro atoms. The van der Waals surface area contributed by atoms with Gasteiger partial charge in [-0.1, -0.05) is 48.0 Å². The van der Waals surface area contributed by atoms with Crippen molar-refractivity contribution in [3.8, 4) is 0 Å². The number of amides is 3. The van der Waals surface area contributed by atoms with Crippen LogP contribution < -0.4 is 21.7 Å². The van der Waals surface area contributed by atoms with Gasteiger partial charge in [-0.25, -0.2) is 4.79 Å². The van der Waals surface area contributed by atoms with Gasteiger partial charge < -0.3 is 26.8 Å². The van der Waals surface area contributed by atoms with Gasteiger partial charge in [-0.05, 0) is 24.2 Å². The molecule has 0 heterocycles. The van der Waals surface area contributed by atoms with Gasteiger partial charge in [0.05, 0.1) is 6.04 Å². The quantitative estimate of drug-likeness (QED) is 0.227. The number of carboxylic acids is 1. The minimum atomic E-state index is -1.21. The van der Waals surface area contributed by atoms with Gasteiger partial charge in [0.25, 0.3) is 0 Å². The Labute approximate surface area is 184 Å². The predicted octanol–water partition coefficient (Wildman–Crippen LogP) is 0.531. The third-order valence-electron chi connectivity index (χ3n) is 4.90. The Balaban J connectivity index is 5.39. The van der Waals surface area contributed by atoms with Crippen LogP contribution in [0.3, 0.4) is 0 Å². The second kappa shape index (κ2) is 13.5. The van der Waals surface area contributed by atoms with Gasteiger partial charge in [0.2, 0.25) is 17.7 Å². The summed E-state index contributed by atoms with van der Waals surface area (Å²) < 4.78 is 0. The van der Waals surface area contributed by atoms with Crippen molar-refractivity contribution in [1.29, 1.82) is 0 Å². The topological polar surface area (TPSA) is 151 Å². The van der Waals surface area contributed by atoms with Gasteiger partial charge in [-0.15, -0.1) is 0 Å². The largest absolute Gasteiger partial charge is 0.480 e. The third-order valence-corrected chi connectivity index (χ3v) is 5.26. The molecule has 0 aromatic carbocycles. The van der Waals surface area contributed by atoms with Gasteiger partial charge in [-0.3, -0.25) is 14.4 Å². The van der Waals surface area contributed by atoms with Crippen LogP contribution in [0.1, 0.15) is 54.4 Å². The highest BCUT2D eigenvalue weighted by atomic mass is 32.1. The van der Waals surface area contributed by atoms with Crippen molar-refractivity contribution in [2.75, 3.05) is 5.75 Å². The van der Waals surface area contributed by atoms with Crippen LogP contribution in [-0.2, 0) is 19.2 Å². The number of thiol groups is 1. The van der Waals surface area contributed by atoms with Crippen molar-refractivity contribution in [2.45, 2.75) is 78.6 Å². The van der Waals surface area contributed by atoms with E-state index in [1.807, 2.05) is 20.8 Å². The lowest BCUT2D eigenvalue weighted by Gasteiger charge is -2.29. The van der Waals surface area contributed by atoms with Crippen molar-refractivity contribution in [3.63, 3.8) is 0 Å². The Kier molecular flexibility index (Phi) is 12.7. The zero-order valence-corrected chi connectivity index (χ0v) is 19.7. The van der Waals surface area contributed by atoms with Crippen molar-refractivity contribution in [1.82, 2.24) is 16.0 Å². The summed E-state index contributed by atoms with van der Waals surface area (Å²) in [7, 11) is 0. The zero-order valence-electron chi connectivity index (χ0n) is 18.8. The molecule has 0 rings (SSSR count). The number of aliphatic carboxylic acids is 1. The van der Waals surface area contributed by atoms with E-state index < -0.39 is 47.9 Å². The molecule has 0 aliphatic carbocycles. The molecular weight excluding hydrogens is 408 g/mol. The number of carboxylic acid groups (broad SMARTS) is 1. The Bertz CT molecular complexity index is 600. The number of rotatable bonds is 13. The molecule has 0 aromatic rings. The summed E-state index contributed by atoms with van der Waals surface area (Å²) in [5, 5.41) is 16.9. The van der Waals surface area contributed by atoms with E-state index >= 15 is 0 Å². The van der Waals surface area contributed by atoms with Crippen LogP contribution in [0, 0.1) is 17.8 Å². The summed E-state index contributed by atoms with van der Waals surface area (Å²) in [5.41, 5.74) is 5.91. The Morgan fingerprint density at radius 2 is 1.40 bits per heavy atom. The molecule has 0 saturated heterocycles. The van der Waals surface area contributed by atoms with Crippen LogP contribution in [0.5, 0.6) is 0 Å². The maximum Gasteiger partial charge on any atom is 0.327 e. The van der Waals surface area contributed by atoms with Crippen LogP contribution in [0.15, 0.2) is 0 Å². The molecule has 6 N–H and O–H groups in total. The van der Waals surface area contributed by atoms with Gasteiger partial charge >= 0.3 is 5.97 Å². The normalized spacial score (nSPS) is 16.3. The van der Waals surface area contributed by atoms with Crippen LogP contribution in [0.4, 0.5) is 0 Å². The molecule has 10 heteroatoms. The molecule has 3 amide bonds. The summed E-state index contributed by atoms with van der Waals surface area (Å²) >= 11 is 3.94. The molecule has 5 unspecified atom stereocenters. The first-order valence-corrected chi connectivity index (χ1v) is 11.0. The summed E-state index contributed by atoms with van der Waals surface area (Å²) in [5.74, 6) is -3.12. The first kappa shape index (κ1) is 28.2. The molecule has 0 aliphatic heterocycles. The van der Waals surface area contributed by atoms with Gasteiger partial charge in [-0.2, -0.15) is 12.6 Å². The standard InChI is InChI=1S/C20H38N4O5S/c1-7-12(6)16(19(27)22-14(9-30)20(28)29)24-18(26)15(11(4)5)23-17(25)13(21)8-10(2)3/h10-16,30H,7-9,21H2,1-6H3,(H,22,27)(H,23,25)(H,24,26)(H,28,29). The van der Waals surface area contributed by atoms with E-state index in [0.29, 0.717) is 12.8 Å². The first-order valence-electron chi connectivity index (χ1n) is 10.4. The van der Waals surface area contributed by atoms with E-state index in [0.717, 1.165) is 0 Å². The summed E-state index contributed by atoms with van der Waals surface area (Å²) in [6.45, 7) is 11.1. The number of carbonyl (C=O) groups is 4. The fraction of sp³-hybridized carbons (Fsp3) is 0.800. The van der Waals surface area contributed by atoms with E-state index in [4.69, 9.17) is 10.8 Å². The molecule has 0 fully saturated rings.